The van der Waals surface area contributed by atoms with Gasteiger partial charge in [-0.1, -0.05) is 30.3 Å². The lowest BCUT2D eigenvalue weighted by Crippen LogP contribution is -2.41. The molecule has 0 N–H and O–H groups in total. The van der Waals surface area contributed by atoms with Gasteiger partial charge in [0.15, 0.2) is 0 Å². The smallest absolute Gasteiger partial charge is 0.445 e. The summed E-state index contributed by atoms with van der Waals surface area (Å²) in [4.78, 5) is 26.2. The maximum Gasteiger partial charge on any atom is 0.495 e. The molecule has 8 heteroatoms. The lowest BCUT2D eigenvalue weighted by Gasteiger charge is -2.32. The first-order chi connectivity index (χ1) is 14.6. The Morgan fingerprint density at radius 2 is 1.74 bits per heavy atom. The summed E-state index contributed by atoms with van der Waals surface area (Å²) in [6.07, 6.45) is 2.00. The predicted molar refractivity (Wildman–Crippen MR) is 120 cm³/mol. The summed E-state index contributed by atoms with van der Waals surface area (Å²) in [7, 11) is 1.13. The van der Waals surface area contributed by atoms with Crippen molar-refractivity contribution >= 4 is 18.7 Å². The number of nitrogens with zero attached hydrogens (tertiary/aromatic N) is 2. The highest BCUT2D eigenvalue weighted by molar-refractivity contribution is 6.62. The van der Waals surface area contributed by atoms with Gasteiger partial charge in [-0.2, -0.15) is 0 Å². The van der Waals surface area contributed by atoms with Gasteiger partial charge in [0.2, 0.25) is 5.56 Å². The fraction of sp³-hybridized carbons (Fsp3) is 0.478. The molecule has 0 bridgehead atoms. The zero-order valence-electron chi connectivity index (χ0n) is 19.0. The molecule has 0 saturated carbocycles. The SMILES string of the molecule is CN(CCCn1ccc(B2OC(C)(C)C(C)(C)O2)cc1=O)C(=O)OCc1ccccc1. The van der Waals surface area contributed by atoms with Crippen LogP contribution in [-0.4, -0.2) is 47.5 Å². The van der Waals surface area contributed by atoms with Crippen molar-refractivity contribution in [1.29, 1.82) is 0 Å². The number of hydrogen-bond donors (Lipinski definition) is 0. The number of rotatable bonds is 7. The van der Waals surface area contributed by atoms with Crippen LogP contribution >= 0.6 is 0 Å². The number of amides is 1. The minimum atomic E-state index is -0.558. The van der Waals surface area contributed by atoms with Crippen LogP contribution in [0, 0.1) is 0 Å². The summed E-state index contributed by atoms with van der Waals surface area (Å²) in [5.74, 6) is 0. The first-order valence-corrected chi connectivity index (χ1v) is 10.6. The van der Waals surface area contributed by atoms with Gasteiger partial charge in [0.1, 0.15) is 6.61 Å². The number of pyridine rings is 1. The number of hydrogen-bond acceptors (Lipinski definition) is 5. The number of ether oxygens (including phenoxy) is 1. The number of benzene rings is 1. The summed E-state index contributed by atoms with van der Waals surface area (Å²) in [5.41, 5.74) is 0.624. The molecule has 1 amide bonds. The Balaban J connectivity index is 1.48. The van der Waals surface area contributed by atoms with Gasteiger partial charge in [0.25, 0.3) is 0 Å². The maximum absolute atomic E-state index is 12.5. The molecule has 7 nitrogen and oxygen atoms in total. The molecule has 0 radical (unpaired) electrons. The minimum Gasteiger partial charge on any atom is -0.445 e. The van der Waals surface area contributed by atoms with E-state index in [9.17, 15) is 9.59 Å². The molecule has 1 aliphatic rings. The summed E-state index contributed by atoms with van der Waals surface area (Å²) in [5, 5.41) is 0. The van der Waals surface area contributed by atoms with Gasteiger partial charge in [0, 0.05) is 32.4 Å². The minimum absolute atomic E-state index is 0.124. The second-order valence-electron chi connectivity index (χ2n) is 8.90. The monoisotopic (exact) mass is 426 g/mol. The molecule has 0 unspecified atom stereocenters. The highest BCUT2D eigenvalue weighted by Crippen LogP contribution is 2.36. The molecule has 166 valence electrons. The Morgan fingerprint density at radius 3 is 2.35 bits per heavy atom. The van der Waals surface area contributed by atoms with Gasteiger partial charge < -0.3 is 23.5 Å². The highest BCUT2D eigenvalue weighted by Gasteiger charge is 2.51. The molecule has 0 spiro atoms. The standard InChI is InChI=1S/C23H31BN2O5/c1-22(2)23(3,4)31-24(30-22)19-12-15-26(20(27)16-19)14-9-13-25(5)21(28)29-17-18-10-7-6-8-11-18/h6-8,10-12,15-16H,9,13-14,17H2,1-5H3. The van der Waals surface area contributed by atoms with Crippen molar-refractivity contribution in [3.8, 4) is 0 Å². The molecule has 0 aliphatic carbocycles. The molecule has 31 heavy (non-hydrogen) atoms. The van der Waals surface area contributed by atoms with Gasteiger partial charge in [-0.3, -0.25) is 4.79 Å². The van der Waals surface area contributed by atoms with Gasteiger partial charge in [-0.25, -0.2) is 4.79 Å². The van der Waals surface area contributed by atoms with Crippen LogP contribution in [0.4, 0.5) is 4.79 Å². The van der Waals surface area contributed by atoms with Gasteiger partial charge in [0.05, 0.1) is 11.2 Å². The lowest BCUT2D eigenvalue weighted by atomic mass is 9.80. The van der Waals surface area contributed by atoms with Gasteiger partial charge in [-0.15, -0.1) is 0 Å². The topological polar surface area (TPSA) is 70.0 Å². The van der Waals surface area contributed by atoms with E-state index in [0.29, 0.717) is 25.0 Å². The van der Waals surface area contributed by atoms with Crippen LogP contribution in [-0.2, 0) is 27.2 Å². The Labute approximate surface area is 184 Å². The predicted octanol–water partition coefficient (Wildman–Crippen LogP) is 2.81. The Bertz CT molecular complexity index is 942. The fourth-order valence-corrected chi connectivity index (χ4v) is 3.23. The van der Waals surface area contributed by atoms with E-state index in [-0.39, 0.29) is 18.3 Å². The molecule has 1 aliphatic heterocycles. The molecule has 1 aromatic heterocycles. The molecule has 2 heterocycles. The largest absolute Gasteiger partial charge is 0.495 e. The van der Waals surface area contributed by atoms with Crippen molar-refractivity contribution in [2.75, 3.05) is 13.6 Å². The molecular formula is C23H31BN2O5. The molecule has 0 atom stereocenters. The molecule has 3 rings (SSSR count). The Kier molecular flexibility index (Phi) is 6.91. The van der Waals surface area contributed by atoms with Crippen LogP contribution in [0.15, 0.2) is 53.5 Å². The molecule has 1 aromatic carbocycles. The van der Waals surface area contributed by atoms with E-state index < -0.39 is 18.3 Å². The van der Waals surface area contributed by atoms with Crippen LogP contribution in [0.1, 0.15) is 39.7 Å². The quantitative estimate of drug-likeness (QED) is 0.637. The average molecular weight is 426 g/mol. The van der Waals surface area contributed by atoms with Crippen LogP contribution in [0.2, 0.25) is 0 Å². The van der Waals surface area contributed by atoms with E-state index >= 15 is 0 Å². The zero-order valence-corrected chi connectivity index (χ0v) is 19.0. The highest BCUT2D eigenvalue weighted by atomic mass is 16.7. The third-order valence-corrected chi connectivity index (χ3v) is 5.95. The van der Waals surface area contributed by atoms with E-state index in [4.69, 9.17) is 14.0 Å². The normalized spacial score (nSPS) is 16.9. The number of carbonyl (C=O) groups excluding carboxylic acids is 1. The van der Waals surface area contributed by atoms with Crippen molar-refractivity contribution in [2.45, 2.75) is 58.5 Å². The molecule has 2 aromatic rings. The summed E-state index contributed by atoms with van der Waals surface area (Å²) >= 11 is 0. The van der Waals surface area contributed by atoms with E-state index in [2.05, 4.69) is 0 Å². The Morgan fingerprint density at radius 1 is 1.10 bits per heavy atom. The molecule has 1 fully saturated rings. The number of aryl methyl sites for hydroxylation is 1. The van der Waals surface area contributed by atoms with Crippen LogP contribution in [0.25, 0.3) is 0 Å². The van der Waals surface area contributed by atoms with Crippen LogP contribution in [0.5, 0.6) is 0 Å². The fourth-order valence-electron chi connectivity index (χ4n) is 3.23. The van der Waals surface area contributed by atoms with Crippen LogP contribution < -0.4 is 11.0 Å². The Hall–Kier alpha value is -2.58. The second-order valence-corrected chi connectivity index (χ2v) is 8.90. The molecular weight excluding hydrogens is 395 g/mol. The van der Waals surface area contributed by atoms with Crippen LogP contribution in [0.3, 0.4) is 0 Å². The van der Waals surface area contributed by atoms with Gasteiger partial charge in [-0.05, 0) is 51.2 Å². The zero-order chi connectivity index (χ0) is 22.6. The maximum atomic E-state index is 12.5. The molecule has 1 saturated heterocycles. The van der Waals surface area contributed by atoms with Crippen molar-refractivity contribution in [3.05, 3.63) is 64.6 Å². The third kappa shape index (κ3) is 5.57. The van der Waals surface area contributed by atoms with Gasteiger partial charge >= 0.3 is 13.2 Å². The van der Waals surface area contributed by atoms with Crippen molar-refractivity contribution in [1.82, 2.24) is 9.47 Å². The average Bonchev–Trinajstić information content (AvgIpc) is 2.95. The van der Waals surface area contributed by atoms with E-state index in [1.807, 2.05) is 64.1 Å². The summed E-state index contributed by atoms with van der Waals surface area (Å²) < 4.78 is 19.0. The first kappa shape index (κ1) is 23.1. The summed E-state index contributed by atoms with van der Waals surface area (Å²) in [6, 6.07) is 13.0. The third-order valence-electron chi connectivity index (χ3n) is 5.95. The van der Waals surface area contributed by atoms with E-state index in [1.165, 1.54) is 4.90 Å². The van der Waals surface area contributed by atoms with E-state index in [1.54, 1.807) is 23.9 Å². The summed E-state index contributed by atoms with van der Waals surface area (Å²) in [6.45, 7) is 9.15. The van der Waals surface area contributed by atoms with E-state index in [0.717, 1.165) is 5.56 Å². The number of carbonyl (C=O) groups is 1. The lowest BCUT2D eigenvalue weighted by molar-refractivity contribution is 0.00578. The number of aromatic nitrogens is 1. The van der Waals surface area contributed by atoms with Crippen molar-refractivity contribution < 1.29 is 18.8 Å². The van der Waals surface area contributed by atoms with Crippen molar-refractivity contribution in [3.63, 3.8) is 0 Å². The first-order valence-electron chi connectivity index (χ1n) is 10.6. The second kappa shape index (κ2) is 9.28. The van der Waals surface area contributed by atoms with Crippen molar-refractivity contribution in [2.24, 2.45) is 0 Å².